The van der Waals surface area contributed by atoms with E-state index in [1.54, 1.807) is 6.07 Å². The van der Waals surface area contributed by atoms with Gasteiger partial charge in [0.15, 0.2) is 0 Å². The fourth-order valence-electron chi connectivity index (χ4n) is 4.86. The SMILES string of the molecule is COC(=O)c1ccc2c(c1)CC1(O2)C(C)CCC(OC(=O)CC(C)C)C1(C)C. The minimum atomic E-state index is -0.467. The maximum Gasteiger partial charge on any atom is 0.337 e. The average molecular weight is 389 g/mol. The van der Waals surface area contributed by atoms with Crippen molar-refractivity contribution in [3.8, 4) is 5.75 Å². The molecule has 1 saturated carbocycles. The largest absolute Gasteiger partial charge is 0.486 e. The van der Waals surface area contributed by atoms with Crippen molar-refractivity contribution in [3.05, 3.63) is 29.3 Å². The maximum atomic E-state index is 12.4. The molecule has 3 atom stereocenters. The number of hydrogen-bond donors (Lipinski definition) is 0. The fraction of sp³-hybridized carbons (Fsp3) is 0.652. The van der Waals surface area contributed by atoms with Crippen LogP contribution in [0.4, 0.5) is 0 Å². The minimum absolute atomic E-state index is 0.138. The second-order valence-corrected chi connectivity index (χ2v) is 9.26. The molecule has 3 unspecified atom stereocenters. The molecule has 0 aromatic heterocycles. The van der Waals surface area contributed by atoms with Crippen molar-refractivity contribution in [1.29, 1.82) is 0 Å². The fourth-order valence-corrected chi connectivity index (χ4v) is 4.86. The highest BCUT2D eigenvalue weighted by Gasteiger charge is 2.61. The van der Waals surface area contributed by atoms with Crippen molar-refractivity contribution >= 4 is 11.9 Å². The molecular formula is C23H32O5. The van der Waals surface area contributed by atoms with Gasteiger partial charge in [-0.3, -0.25) is 4.79 Å². The van der Waals surface area contributed by atoms with Crippen LogP contribution in [0.2, 0.25) is 0 Å². The Kier molecular flexibility index (Phi) is 5.48. The summed E-state index contributed by atoms with van der Waals surface area (Å²) in [6.07, 6.45) is 2.70. The van der Waals surface area contributed by atoms with Crippen LogP contribution in [0.1, 0.15) is 69.8 Å². The molecule has 5 heteroatoms. The summed E-state index contributed by atoms with van der Waals surface area (Å²) in [5.74, 6) is 0.899. The molecule has 5 nitrogen and oxygen atoms in total. The highest BCUT2D eigenvalue weighted by molar-refractivity contribution is 5.89. The van der Waals surface area contributed by atoms with Crippen molar-refractivity contribution in [3.63, 3.8) is 0 Å². The molecule has 0 N–H and O–H groups in total. The molecule has 3 rings (SSSR count). The Morgan fingerprint density at radius 3 is 2.61 bits per heavy atom. The Balaban J connectivity index is 1.88. The van der Waals surface area contributed by atoms with Crippen LogP contribution in [0, 0.1) is 17.3 Å². The predicted molar refractivity (Wildman–Crippen MR) is 106 cm³/mol. The molecule has 1 aromatic rings. The van der Waals surface area contributed by atoms with Crippen molar-refractivity contribution in [1.82, 2.24) is 0 Å². The smallest absolute Gasteiger partial charge is 0.337 e. The van der Waals surface area contributed by atoms with Gasteiger partial charge in [-0.2, -0.15) is 0 Å². The number of carbonyl (C=O) groups is 2. The van der Waals surface area contributed by atoms with Crippen LogP contribution in [0.3, 0.4) is 0 Å². The van der Waals surface area contributed by atoms with Gasteiger partial charge in [-0.15, -0.1) is 0 Å². The average Bonchev–Trinajstić information content (AvgIpc) is 3.02. The second kappa shape index (κ2) is 7.41. The number of rotatable bonds is 4. The Labute approximate surface area is 167 Å². The number of esters is 2. The monoisotopic (exact) mass is 388 g/mol. The highest BCUT2D eigenvalue weighted by atomic mass is 16.6. The molecule has 0 bridgehead atoms. The van der Waals surface area contributed by atoms with Gasteiger partial charge in [0.25, 0.3) is 0 Å². The van der Waals surface area contributed by atoms with Crippen molar-refractivity contribution in [2.24, 2.45) is 17.3 Å². The van der Waals surface area contributed by atoms with Gasteiger partial charge in [-0.25, -0.2) is 4.79 Å². The first-order chi connectivity index (χ1) is 13.1. The number of hydrogen-bond acceptors (Lipinski definition) is 5. The van der Waals surface area contributed by atoms with E-state index in [4.69, 9.17) is 14.2 Å². The lowest BCUT2D eigenvalue weighted by molar-refractivity contribution is -0.188. The summed E-state index contributed by atoms with van der Waals surface area (Å²) in [6, 6.07) is 5.46. The molecule has 0 radical (unpaired) electrons. The Bertz CT molecular complexity index is 766. The summed E-state index contributed by atoms with van der Waals surface area (Å²) >= 11 is 0. The first-order valence-electron chi connectivity index (χ1n) is 10.2. The van der Waals surface area contributed by atoms with Gasteiger partial charge in [0.05, 0.1) is 12.7 Å². The molecule has 1 aliphatic carbocycles. The van der Waals surface area contributed by atoms with Gasteiger partial charge >= 0.3 is 11.9 Å². The van der Waals surface area contributed by atoms with E-state index in [1.165, 1.54) is 7.11 Å². The first-order valence-corrected chi connectivity index (χ1v) is 10.2. The molecule has 28 heavy (non-hydrogen) atoms. The Morgan fingerprint density at radius 2 is 1.96 bits per heavy atom. The lowest BCUT2D eigenvalue weighted by Gasteiger charge is -2.54. The van der Waals surface area contributed by atoms with Crippen LogP contribution in [0.15, 0.2) is 18.2 Å². The predicted octanol–water partition coefficient (Wildman–Crippen LogP) is 4.56. The van der Waals surface area contributed by atoms with Gasteiger partial charge in [0.2, 0.25) is 0 Å². The van der Waals surface area contributed by atoms with E-state index < -0.39 is 5.60 Å². The van der Waals surface area contributed by atoms with E-state index in [0.717, 1.165) is 24.2 Å². The zero-order chi connectivity index (χ0) is 20.7. The first kappa shape index (κ1) is 20.7. The van der Waals surface area contributed by atoms with E-state index in [0.29, 0.717) is 24.3 Å². The van der Waals surface area contributed by atoms with Crippen molar-refractivity contribution < 1.29 is 23.8 Å². The number of carbonyl (C=O) groups excluding carboxylic acids is 2. The zero-order valence-corrected chi connectivity index (χ0v) is 17.8. The number of ether oxygens (including phenoxy) is 3. The minimum Gasteiger partial charge on any atom is -0.486 e. The van der Waals surface area contributed by atoms with Crippen LogP contribution in [0.5, 0.6) is 5.75 Å². The third kappa shape index (κ3) is 3.40. The lowest BCUT2D eigenvalue weighted by atomic mass is 9.58. The van der Waals surface area contributed by atoms with E-state index in [2.05, 4.69) is 20.8 Å². The summed E-state index contributed by atoms with van der Waals surface area (Å²) in [6.45, 7) is 10.5. The molecule has 154 valence electrons. The van der Waals surface area contributed by atoms with Crippen LogP contribution in [0.25, 0.3) is 0 Å². The zero-order valence-electron chi connectivity index (χ0n) is 17.8. The Hall–Kier alpha value is -2.04. The summed E-state index contributed by atoms with van der Waals surface area (Å²) < 4.78 is 17.4. The molecular weight excluding hydrogens is 356 g/mol. The summed E-state index contributed by atoms with van der Waals surface area (Å²) in [4.78, 5) is 24.3. The van der Waals surface area contributed by atoms with E-state index >= 15 is 0 Å². The van der Waals surface area contributed by atoms with E-state index in [1.807, 2.05) is 26.0 Å². The van der Waals surface area contributed by atoms with Gasteiger partial charge in [-0.1, -0.05) is 34.6 Å². The molecule has 2 aliphatic rings. The van der Waals surface area contributed by atoms with E-state index in [9.17, 15) is 9.59 Å². The molecule has 0 saturated heterocycles. The topological polar surface area (TPSA) is 61.8 Å². The standard InChI is InChI=1S/C23H32O5/c1-14(2)11-20(24)27-19-10-7-15(3)23(22(19,4)5)13-17-12-16(21(25)26-6)8-9-18(17)28-23/h8-9,12,14-15,19H,7,10-11,13H2,1-6H3. The summed E-state index contributed by atoms with van der Waals surface area (Å²) in [7, 11) is 1.38. The third-order valence-corrected chi connectivity index (χ3v) is 6.63. The number of methoxy groups -OCH3 is 1. The number of benzene rings is 1. The summed E-state index contributed by atoms with van der Waals surface area (Å²) in [5.41, 5.74) is 0.715. The quantitative estimate of drug-likeness (QED) is 0.708. The summed E-state index contributed by atoms with van der Waals surface area (Å²) in [5, 5.41) is 0. The molecule has 1 aliphatic heterocycles. The van der Waals surface area contributed by atoms with Gasteiger partial charge in [-0.05, 0) is 48.4 Å². The van der Waals surface area contributed by atoms with Crippen molar-refractivity contribution in [2.75, 3.05) is 7.11 Å². The molecule has 0 amide bonds. The number of fused-ring (bicyclic) bond motifs is 1. The normalized spacial score (nSPS) is 28.0. The third-order valence-electron chi connectivity index (χ3n) is 6.63. The lowest BCUT2D eigenvalue weighted by Crippen LogP contribution is -2.62. The highest BCUT2D eigenvalue weighted by Crippen LogP contribution is 2.56. The van der Waals surface area contributed by atoms with Crippen molar-refractivity contribution in [2.45, 2.75) is 72.0 Å². The van der Waals surface area contributed by atoms with E-state index in [-0.39, 0.29) is 29.4 Å². The maximum absolute atomic E-state index is 12.4. The Morgan fingerprint density at radius 1 is 1.25 bits per heavy atom. The molecule has 1 spiro atoms. The van der Waals surface area contributed by atoms with Crippen LogP contribution < -0.4 is 4.74 Å². The molecule has 1 fully saturated rings. The van der Waals surface area contributed by atoms with Crippen LogP contribution >= 0.6 is 0 Å². The van der Waals surface area contributed by atoms with Crippen LogP contribution in [-0.4, -0.2) is 30.8 Å². The van der Waals surface area contributed by atoms with Gasteiger partial charge in [0.1, 0.15) is 17.5 Å². The van der Waals surface area contributed by atoms with Crippen LogP contribution in [-0.2, 0) is 20.7 Å². The van der Waals surface area contributed by atoms with Gasteiger partial charge in [0, 0.05) is 18.3 Å². The second-order valence-electron chi connectivity index (χ2n) is 9.26. The molecule has 1 heterocycles. The molecule has 1 aromatic carbocycles. The van der Waals surface area contributed by atoms with Gasteiger partial charge < -0.3 is 14.2 Å².